The van der Waals surface area contributed by atoms with Gasteiger partial charge in [0.15, 0.2) is 0 Å². The maximum Gasteiger partial charge on any atom is 0.338 e. The van der Waals surface area contributed by atoms with Gasteiger partial charge in [0.25, 0.3) is 10.0 Å². The Balaban J connectivity index is 1.91. The molecule has 1 heterocycles. The molecule has 8 nitrogen and oxygen atoms in total. The fourth-order valence-corrected chi connectivity index (χ4v) is 4.84. The molecule has 0 bridgehead atoms. The van der Waals surface area contributed by atoms with E-state index in [-0.39, 0.29) is 22.8 Å². The summed E-state index contributed by atoms with van der Waals surface area (Å²) in [4.78, 5) is 16.5. The molecule has 3 rings (SSSR count). The summed E-state index contributed by atoms with van der Waals surface area (Å²) in [5, 5.41) is 0. The minimum atomic E-state index is -4.02. The smallest absolute Gasteiger partial charge is 0.338 e. The molecule has 9 heteroatoms. The monoisotopic (exact) mass is 447 g/mol. The Bertz CT molecular complexity index is 1020. The number of carbonyl (C=O) groups excluding carboxylic acids is 1. The zero-order valence-electron chi connectivity index (χ0n) is 18.1. The third-order valence-electron chi connectivity index (χ3n) is 5.27. The van der Waals surface area contributed by atoms with E-state index in [0.29, 0.717) is 5.69 Å². The first-order chi connectivity index (χ1) is 14.9. The molecule has 31 heavy (non-hydrogen) atoms. The SMILES string of the molecule is CCOC(=O)c1ccc(OC)c(S(=O)(=O)Nc2ccccc2N2CCN(CC)CC2)c1. The van der Waals surface area contributed by atoms with Crippen LogP contribution in [0.5, 0.6) is 5.75 Å². The van der Waals surface area contributed by atoms with Crippen molar-refractivity contribution in [2.24, 2.45) is 0 Å². The molecule has 168 valence electrons. The van der Waals surface area contributed by atoms with E-state index in [1.54, 1.807) is 19.1 Å². The summed E-state index contributed by atoms with van der Waals surface area (Å²) in [6.07, 6.45) is 0. The number of likely N-dealkylation sites (N-methyl/N-ethyl adjacent to an activating group) is 1. The number of hydrogen-bond donors (Lipinski definition) is 1. The maximum absolute atomic E-state index is 13.3. The Kier molecular flexibility index (Phi) is 7.40. The molecular weight excluding hydrogens is 418 g/mol. The van der Waals surface area contributed by atoms with Gasteiger partial charge in [-0.05, 0) is 43.8 Å². The quantitative estimate of drug-likeness (QED) is 0.623. The number of benzene rings is 2. The zero-order chi connectivity index (χ0) is 22.4. The van der Waals surface area contributed by atoms with Crippen LogP contribution in [0, 0.1) is 0 Å². The molecule has 0 unspecified atom stereocenters. The molecule has 0 amide bonds. The number of esters is 1. The molecule has 0 aromatic heterocycles. The largest absolute Gasteiger partial charge is 0.495 e. The van der Waals surface area contributed by atoms with Crippen molar-refractivity contribution in [3.05, 3.63) is 48.0 Å². The summed E-state index contributed by atoms with van der Waals surface area (Å²) in [6.45, 7) is 8.50. The third kappa shape index (κ3) is 5.29. The van der Waals surface area contributed by atoms with Crippen molar-refractivity contribution in [2.75, 3.05) is 56.1 Å². The number of rotatable bonds is 8. The standard InChI is InChI=1S/C22H29N3O5S/c1-4-24-12-14-25(15-13-24)19-9-7-6-8-18(19)23-31(27,28)21-16-17(22(26)30-5-2)10-11-20(21)29-3/h6-11,16,23H,4-5,12-15H2,1-3H3. The number of carbonyl (C=O) groups is 1. The van der Waals surface area contributed by atoms with Gasteiger partial charge < -0.3 is 19.3 Å². The van der Waals surface area contributed by atoms with Gasteiger partial charge in [-0.15, -0.1) is 0 Å². The first-order valence-electron chi connectivity index (χ1n) is 10.3. The summed E-state index contributed by atoms with van der Waals surface area (Å²) in [6, 6.07) is 11.5. The molecule has 2 aromatic rings. The lowest BCUT2D eigenvalue weighted by molar-refractivity contribution is 0.0526. The van der Waals surface area contributed by atoms with Gasteiger partial charge in [-0.2, -0.15) is 0 Å². The van der Waals surface area contributed by atoms with Gasteiger partial charge in [0.05, 0.1) is 30.7 Å². The number of nitrogens with one attached hydrogen (secondary N) is 1. The van der Waals surface area contributed by atoms with E-state index in [9.17, 15) is 13.2 Å². The molecule has 0 spiro atoms. The number of sulfonamides is 1. The molecule has 2 aromatic carbocycles. The second-order valence-corrected chi connectivity index (χ2v) is 8.78. The molecule has 1 N–H and O–H groups in total. The van der Waals surface area contributed by atoms with Crippen molar-refractivity contribution in [1.82, 2.24) is 4.90 Å². The van der Waals surface area contributed by atoms with Crippen molar-refractivity contribution in [1.29, 1.82) is 0 Å². The van der Waals surface area contributed by atoms with Gasteiger partial charge in [-0.3, -0.25) is 4.72 Å². The molecular formula is C22H29N3O5S. The van der Waals surface area contributed by atoms with E-state index in [2.05, 4.69) is 21.4 Å². The predicted octanol–water partition coefficient (Wildman–Crippen LogP) is 2.81. The maximum atomic E-state index is 13.3. The third-order valence-corrected chi connectivity index (χ3v) is 6.66. The van der Waals surface area contributed by atoms with Crippen molar-refractivity contribution in [3.63, 3.8) is 0 Å². The topological polar surface area (TPSA) is 88.2 Å². The average Bonchev–Trinajstić information content (AvgIpc) is 2.79. The van der Waals surface area contributed by atoms with Crippen LogP contribution in [0.1, 0.15) is 24.2 Å². The van der Waals surface area contributed by atoms with Gasteiger partial charge in [-0.1, -0.05) is 19.1 Å². The minimum Gasteiger partial charge on any atom is -0.495 e. The predicted molar refractivity (Wildman–Crippen MR) is 121 cm³/mol. The molecule has 0 radical (unpaired) electrons. The molecule has 1 aliphatic heterocycles. The van der Waals surface area contributed by atoms with E-state index in [0.717, 1.165) is 38.4 Å². The average molecular weight is 448 g/mol. The number of para-hydroxylation sites is 2. The summed E-state index contributed by atoms with van der Waals surface area (Å²) in [5.41, 5.74) is 1.45. The highest BCUT2D eigenvalue weighted by Gasteiger charge is 2.25. The summed E-state index contributed by atoms with van der Waals surface area (Å²) >= 11 is 0. The van der Waals surface area contributed by atoms with Crippen LogP contribution in [-0.2, 0) is 14.8 Å². The first kappa shape index (κ1) is 22.9. The van der Waals surface area contributed by atoms with Crippen LogP contribution in [-0.4, -0.2) is 65.7 Å². The van der Waals surface area contributed by atoms with Gasteiger partial charge in [0.2, 0.25) is 0 Å². The lowest BCUT2D eigenvalue weighted by Gasteiger charge is -2.36. The second-order valence-electron chi connectivity index (χ2n) is 7.13. The second kappa shape index (κ2) is 10.0. The van der Waals surface area contributed by atoms with Crippen LogP contribution >= 0.6 is 0 Å². The van der Waals surface area contributed by atoms with Gasteiger partial charge in [0, 0.05) is 26.2 Å². The molecule has 0 saturated carbocycles. The van der Waals surface area contributed by atoms with Gasteiger partial charge in [0.1, 0.15) is 10.6 Å². The van der Waals surface area contributed by atoms with E-state index in [4.69, 9.17) is 9.47 Å². The highest BCUT2D eigenvalue weighted by Crippen LogP contribution is 2.32. The number of nitrogens with zero attached hydrogens (tertiary/aromatic N) is 2. The molecule has 0 aliphatic carbocycles. The lowest BCUT2D eigenvalue weighted by Crippen LogP contribution is -2.46. The van der Waals surface area contributed by atoms with Crippen LogP contribution < -0.4 is 14.4 Å². The van der Waals surface area contributed by atoms with Crippen LogP contribution in [0.15, 0.2) is 47.4 Å². The van der Waals surface area contributed by atoms with Gasteiger partial charge in [-0.25, -0.2) is 13.2 Å². The van der Waals surface area contributed by atoms with E-state index < -0.39 is 16.0 Å². The van der Waals surface area contributed by atoms with Crippen LogP contribution in [0.4, 0.5) is 11.4 Å². The summed E-state index contributed by atoms with van der Waals surface area (Å²) in [5.74, 6) is -0.439. The normalized spacial score (nSPS) is 14.9. The number of piperazine rings is 1. The summed E-state index contributed by atoms with van der Waals surface area (Å²) in [7, 11) is -2.64. The Labute approximate surface area is 183 Å². The van der Waals surface area contributed by atoms with Gasteiger partial charge >= 0.3 is 5.97 Å². The van der Waals surface area contributed by atoms with Crippen molar-refractivity contribution in [3.8, 4) is 5.75 Å². The Morgan fingerprint density at radius 3 is 2.42 bits per heavy atom. The Morgan fingerprint density at radius 2 is 1.77 bits per heavy atom. The molecule has 1 aliphatic rings. The fourth-order valence-electron chi connectivity index (χ4n) is 3.57. The van der Waals surface area contributed by atoms with Crippen molar-refractivity contribution < 1.29 is 22.7 Å². The van der Waals surface area contributed by atoms with Crippen LogP contribution in [0.25, 0.3) is 0 Å². The van der Waals surface area contributed by atoms with Crippen molar-refractivity contribution >= 4 is 27.4 Å². The number of hydrogen-bond acceptors (Lipinski definition) is 7. The van der Waals surface area contributed by atoms with E-state index in [1.807, 2.05) is 12.1 Å². The van der Waals surface area contributed by atoms with Crippen LogP contribution in [0.2, 0.25) is 0 Å². The van der Waals surface area contributed by atoms with E-state index in [1.165, 1.54) is 25.3 Å². The highest BCUT2D eigenvalue weighted by atomic mass is 32.2. The molecule has 1 fully saturated rings. The number of anilines is 2. The van der Waals surface area contributed by atoms with Crippen molar-refractivity contribution in [2.45, 2.75) is 18.7 Å². The molecule has 1 saturated heterocycles. The minimum absolute atomic E-state index is 0.119. The van der Waals surface area contributed by atoms with E-state index >= 15 is 0 Å². The van der Waals surface area contributed by atoms with Crippen LogP contribution in [0.3, 0.4) is 0 Å². The summed E-state index contributed by atoms with van der Waals surface area (Å²) < 4.78 is 39.5. The number of ether oxygens (including phenoxy) is 2. The first-order valence-corrected chi connectivity index (χ1v) is 11.8. The highest BCUT2D eigenvalue weighted by molar-refractivity contribution is 7.92. The fraction of sp³-hybridized carbons (Fsp3) is 0.409. The molecule has 0 atom stereocenters. The zero-order valence-corrected chi connectivity index (χ0v) is 18.9. The number of methoxy groups -OCH3 is 1. The Morgan fingerprint density at radius 1 is 1.06 bits per heavy atom. The lowest BCUT2D eigenvalue weighted by atomic mass is 10.2. The Hall–Kier alpha value is -2.78.